The summed E-state index contributed by atoms with van der Waals surface area (Å²) in [5.41, 5.74) is 5.38. The molecule has 1 fully saturated rings. The van der Waals surface area contributed by atoms with E-state index in [-0.39, 0.29) is 17.5 Å². The van der Waals surface area contributed by atoms with E-state index in [0.717, 1.165) is 48.9 Å². The SMILES string of the molecule is Cc1ccc(S(=O)(=O)N(CC(=O)N/N=C/c2ccc(N(C)C)cc2)C2CCCCC2)cc1. The van der Waals surface area contributed by atoms with E-state index in [0.29, 0.717) is 0 Å². The minimum atomic E-state index is -3.79. The minimum Gasteiger partial charge on any atom is -0.378 e. The van der Waals surface area contributed by atoms with Crippen molar-refractivity contribution in [2.75, 3.05) is 25.5 Å². The predicted octanol–water partition coefficient (Wildman–Crippen LogP) is 3.53. The molecule has 0 aliphatic heterocycles. The third kappa shape index (κ3) is 6.17. The molecule has 2 aromatic carbocycles. The highest BCUT2D eigenvalue weighted by molar-refractivity contribution is 7.89. The summed E-state index contributed by atoms with van der Waals surface area (Å²) in [7, 11) is 0.142. The van der Waals surface area contributed by atoms with Gasteiger partial charge in [-0.15, -0.1) is 0 Å². The van der Waals surface area contributed by atoms with Crippen LogP contribution in [0.2, 0.25) is 0 Å². The van der Waals surface area contributed by atoms with Gasteiger partial charge in [0.2, 0.25) is 10.0 Å². The predicted molar refractivity (Wildman–Crippen MR) is 128 cm³/mol. The van der Waals surface area contributed by atoms with Gasteiger partial charge >= 0.3 is 0 Å². The van der Waals surface area contributed by atoms with Crippen LogP contribution in [0.15, 0.2) is 58.5 Å². The van der Waals surface area contributed by atoms with Crippen LogP contribution in [-0.4, -0.2) is 51.5 Å². The van der Waals surface area contributed by atoms with Crippen LogP contribution < -0.4 is 10.3 Å². The number of anilines is 1. The summed E-state index contributed by atoms with van der Waals surface area (Å²) in [5, 5.41) is 4.02. The van der Waals surface area contributed by atoms with Crippen molar-refractivity contribution in [2.24, 2.45) is 5.10 Å². The van der Waals surface area contributed by atoms with Crippen molar-refractivity contribution in [3.8, 4) is 0 Å². The molecular formula is C24H32N4O3S. The molecule has 0 saturated heterocycles. The van der Waals surface area contributed by atoms with Crippen LogP contribution in [0, 0.1) is 6.92 Å². The number of aryl methyl sites for hydroxylation is 1. The summed E-state index contributed by atoms with van der Waals surface area (Å²) < 4.78 is 28.1. The molecule has 0 bridgehead atoms. The standard InChI is InChI=1S/C24H32N4O3S/c1-19-9-15-23(16-10-19)32(30,31)28(22-7-5-4-6-8-22)18-24(29)26-25-17-20-11-13-21(14-12-20)27(2)3/h9-17,22H,4-8,18H2,1-3H3,(H,26,29)/b25-17+. The lowest BCUT2D eigenvalue weighted by Gasteiger charge is -2.32. The van der Waals surface area contributed by atoms with Crippen LogP contribution in [0.25, 0.3) is 0 Å². The molecule has 3 rings (SSSR count). The zero-order valence-corrected chi connectivity index (χ0v) is 19.8. The fraction of sp³-hybridized carbons (Fsp3) is 0.417. The summed E-state index contributed by atoms with van der Waals surface area (Å²) in [6.45, 7) is 1.66. The second kappa shape index (κ2) is 10.7. The first-order chi connectivity index (χ1) is 15.3. The zero-order valence-electron chi connectivity index (χ0n) is 19.0. The van der Waals surface area contributed by atoms with Crippen LogP contribution >= 0.6 is 0 Å². The lowest BCUT2D eigenvalue weighted by Crippen LogP contribution is -2.46. The Morgan fingerprint density at radius 3 is 2.25 bits per heavy atom. The van der Waals surface area contributed by atoms with Gasteiger partial charge in [-0.1, -0.05) is 49.1 Å². The van der Waals surface area contributed by atoms with Crippen LogP contribution in [0.3, 0.4) is 0 Å². The van der Waals surface area contributed by atoms with Gasteiger partial charge in [-0.05, 0) is 49.6 Å². The highest BCUT2D eigenvalue weighted by Gasteiger charge is 2.33. The number of hydrazone groups is 1. The number of hydrogen-bond donors (Lipinski definition) is 1. The molecule has 172 valence electrons. The number of nitrogens with one attached hydrogen (secondary N) is 1. The molecule has 0 unspecified atom stereocenters. The molecule has 2 aromatic rings. The van der Waals surface area contributed by atoms with Crippen LogP contribution in [0.4, 0.5) is 5.69 Å². The molecule has 8 heteroatoms. The van der Waals surface area contributed by atoms with Gasteiger partial charge in [0.15, 0.2) is 0 Å². The quantitative estimate of drug-likeness (QED) is 0.487. The molecule has 0 aromatic heterocycles. The van der Waals surface area contributed by atoms with E-state index in [1.807, 2.05) is 50.2 Å². The molecule has 1 saturated carbocycles. The average Bonchev–Trinajstić information content (AvgIpc) is 2.78. The monoisotopic (exact) mass is 456 g/mol. The van der Waals surface area contributed by atoms with Gasteiger partial charge in [-0.25, -0.2) is 13.8 Å². The summed E-state index contributed by atoms with van der Waals surface area (Å²) in [6, 6.07) is 14.3. The van der Waals surface area contributed by atoms with E-state index in [9.17, 15) is 13.2 Å². The van der Waals surface area contributed by atoms with E-state index >= 15 is 0 Å². The fourth-order valence-corrected chi connectivity index (χ4v) is 5.48. The Morgan fingerprint density at radius 2 is 1.66 bits per heavy atom. The van der Waals surface area contributed by atoms with Crippen molar-refractivity contribution in [1.29, 1.82) is 0 Å². The molecule has 0 spiro atoms. The summed E-state index contributed by atoms with van der Waals surface area (Å²) in [5.74, 6) is -0.451. The second-order valence-corrected chi connectivity index (χ2v) is 10.3. The van der Waals surface area contributed by atoms with Crippen molar-refractivity contribution in [3.63, 3.8) is 0 Å². The Bertz CT molecular complexity index is 1030. The lowest BCUT2D eigenvalue weighted by atomic mass is 9.95. The normalized spacial score (nSPS) is 15.2. The molecule has 1 N–H and O–H groups in total. The number of carbonyl (C=O) groups excluding carboxylic acids is 1. The van der Waals surface area contributed by atoms with Gasteiger partial charge in [0.1, 0.15) is 0 Å². The fourth-order valence-electron chi connectivity index (χ4n) is 3.84. The van der Waals surface area contributed by atoms with Crippen molar-refractivity contribution < 1.29 is 13.2 Å². The number of rotatable bonds is 8. The number of hydrogen-bond acceptors (Lipinski definition) is 5. The summed E-state index contributed by atoms with van der Waals surface area (Å²) in [4.78, 5) is 14.8. The second-order valence-electron chi connectivity index (χ2n) is 8.43. The number of sulfonamides is 1. The van der Waals surface area contributed by atoms with Crippen molar-refractivity contribution in [3.05, 3.63) is 59.7 Å². The first-order valence-electron chi connectivity index (χ1n) is 10.9. The maximum atomic E-state index is 13.4. The molecule has 7 nitrogen and oxygen atoms in total. The Hall–Kier alpha value is -2.71. The molecule has 1 aliphatic carbocycles. The molecule has 1 aliphatic rings. The van der Waals surface area contributed by atoms with E-state index < -0.39 is 15.9 Å². The zero-order chi connectivity index (χ0) is 23.1. The Morgan fingerprint density at radius 1 is 1.03 bits per heavy atom. The number of benzene rings is 2. The van der Waals surface area contributed by atoms with Gasteiger partial charge in [0, 0.05) is 25.8 Å². The molecule has 0 heterocycles. The van der Waals surface area contributed by atoms with E-state index in [1.54, 1.807) is 30.5 Å². The Kier molecular flexibility index (Phi) is 8.04. The van der Waals surface area contributed by atoms with Gasteiger partial charge in [0.05, 0.1) is 17.7 Å². The van der Waals surface area contributed by atoms with Crippen LogP contribution in [0.1, 0.15) is 43.2 Å². The highest BCUT2D eigenvalue weighted by atomic mass is 32.2. The molecule has 0 atom stereocenters. The van der Waals surface area contributed by atoms with Gasteiger partial charge in [0.25, 0.3) is 5.91 Å². The van der Waals surface area contributed by atoms with Gasteiger partial charge in [-0.2, -0.15) is 9.41 Å². The maximum Gasteiger partial charge on any atom is 0.255 e. The van der Waals surface area contributed by atoms with E-state index in [2.05, 4.69) is 10.5 Å². The van der Waals surface area contributed by atoms with Crippen molar-refractivity contribution in [1.82, 2.24) is 9.73 Å². The van der Waals surface area contributed by atoms with Gasteiger partial charge < -0.3 is 4.90 Å². The Labute approximate surface area is 191 Å². The molecule has 32 heavy (non-hydrogen) atoms. The average molecular weight is 457 g/mol. The van der Waals surface area contributed by atoms with Crippen LogP contribution in [0.5, 0.6) is 0 Å². The smallest absolute Gasteiger partial charge is 0.255 e. The maximum absolute atomic E-state index is 13.4. The third-order valence-electron chi connectivity index (χ3n) is 5.72. The Balaban J connectivity index is 1.71. The number of amides is 1. The van der Waals surface area contributed by atoms with Crippen molar-refractivity contribution in [2.45, 2.75) is 50.0 Å². The largest absolute Gasteiger partial charge is 0.378 e. The van der Waals surface area contributed by atoms with Gasteiger partial charge in [-0.3, -0.25) is 4.79 Å². The summed E-state index contributed by atoms with van der Waals surface area (Å²) in [6.07, 6.45) is 6.11. The first kappa shape index (κ1) is 23.9. The lowest BCUT2D eigenvalue weighted by molar-refractivity contribution is -0.121. The molecule has 0 radical (unpaired) electrons. The molecular weight excluding hydrogens is 424 g/mol. The summed E-state index contributed by atoms with van der Waals surface area (Å²) >= 11 is 0. The first-order valence-corrected chi connectivity index (χ1v) is 12.4. The minimum absolute atomic E-state index is 0.177. The van der Waals surface area contributed by atoms with E-state index in [4.69, 9.17) is 0 Å². The number of carbonyl (C=O) groups is 1. The van der Waals surface area contributed by atoms with Crippen molar-refractivity contribution >= 4 is 27.8 Å². The van der Waals surface area contributed by atoms with Crippen LogP contribution in [-0.2, 0) is 14.8 Å². The topological polar surface area (TPSA) is 82.1 Å². The third-order valence-corrected chi connectivity index (χ3v) is 7.63. The highest BCUT2D eigenvalue weighted by Crippen LogP contribution is 2.27. The molecule has 1 amide bonds. The van der Waals surface area contributed by atoms with E-state index in [1.165, 1.54) is 4.31 Å². The number of nitrogens with zero attached hydrogens (tertiary/aromatic N) is 3.